The highest BCUT2D eigenvalue weighted by molar-refractivity contribution is 5.96. The number of aromatic nitrogens is 1. The van der Waals surface area contributed by atoms with E-state index in [1.54, 1.807) is 17.0 Å². The number of carbonyl (C=O) groups is 2. The third kappa shape index (κ3) is 4.66. The maximum atomic E-state index is 13.2. The van der Waals surface area contributed by atoms with Gasteiger partial charge in [-0.15, -0.1) is 0 Å². The molecule has 190 valence electrons. The number of piperazine rings is 1. The van der Waals surface area contributed by atoms with Crippen LogP contribution in [-0.2, 0) is 9.47 Å². The van der Waals surface area contributed by atoms with E-state index in [2.05, 4.69) is 17.2 Å². The Morgan fingerprint density at radius 2 is 1.78 bits per heavy atom. The Hall–Kier alpha value is -3.13. The normalized spacial score (nSPS) is 22.2. The lowest BCUT2D eigenvalue weighted by Crippen LogP contribution is -2.49. The van der Waals surface area contributed by atoms with E-state index in [0.29, 0.717) is 44.4 Å². The van der Waals surface area contributed by atoms with E-state index >= 15 is 0 Å². The second kappa shape index (κ2) is 9.73. The third-order valence-corrected chi connectivity index (χ3v) is 7.72. The molecule has 8 nitrogen and oxygen atoms in total. The van der Waals surface area contributed by atoms with Gasteiger partial charge in [-0.05, 0) is 79.8 Å². The average molecular weight is 491 g/mol. The van der Waals surface area contributed by atoms with Crippen molar-refractivity contribution in [2.75, 3.05) is 55.8 Å². The minimum atomic E-state index is -0.376. The van der Waals surface area contributed by atoms with E-state index in [-0.39, 0.29) is 18.0 Å². The molecule has 1 aromatic carbocycles. The summed E-state index contributed by atoms with van der Waals surface area (Å²) in [7, 11) is 0. The monoisotopic (exact) mass is 490 g/mol. The van der Waals surface area contributed by atoms with E-state index in [1.165, 1.54) is 36.8 Å². The van der Waals surface area contributed by atoms with Gasteiger partial charge in [0.1, 0.15) is 12.4 Å². The van der Waals surface area contributed by atoms with Gasteiger partial charge >= 0.3 is 6.09 Å². The molecule has 1 aromatic heterocycles. The Morgan fingerprint density at radius 3 is 2.44 bits per heavy atom. The fourth-order valence-corrected chi connectivity index (χ4v) is 5.31. The molecule has 8 heteroatoms. The van der Waals surface area contributed by atoms with Crippen LogP contribution in [0.3, 0.4) is 0 Å². The van der Waals surface area contributed by atoms with Gasteiger partial charge in [0.15, 0.2) is 0 Å². The van der Waals surface area contributed by atoms with Crippen LogP contribution in [0.15, 0.2) is 36.5 Å². The number of ether oxygens (including phenoxy) is 2. The largest absolute Gasteiger partial charge is 0.447 e. The first-order valence-corrected chi connectivity index (χ1v) is 13.3. The van der Waals surface area contributed by atoms with Crippen molar-refractivity contribution < 1.29 is 19.1 Å². The molecule has 36 heavy (non-hydrogen) atoms. The van der Waals surface area contributed by atoms with E-state index in [0.717, 1.165) is 30.5 Å². The highest BCUT2D eigenvalue weighted by Gasteiger charge is 2.35. The zero-order valence-electron chi connectivity index (χ0n) is 20.9. The van der Waals surface area contributed by atoms with Crippen LogP contribution in [0.25, 0.3) is 0 Å². The molecule has 2 saturated carbocycles. The van der Waals surface area contributed by atoms with Crippen molar-refractivity contribution in [3.63, 3.8) is 0 Å². The number of hydrogen-bond donors (Lipinski definition) is 0. The van der Waals surface area contributed by atoms with Gasteiger partial charge in [0.05, 0.1) is 12.6 Å². The summed E-state index contributed by atoms with van der Waals surface area (Å²) in [6.07, 6.45) is 6.82. The SMILES string of the molecule is CCOC[C@@H]1COC(=O)N1c1ccc(C(=O)N2CCN(c3ncc(C4CC4)cc3C3CC3)CC2)cc1. The number of benzene rings is 1. The summed E-state index contributed by atoms with van der Waals surface area (Å²) in [4.78, 5) is 36.3. The molecular formula is C28H34N4O4. The van der Waals surface area contributed by atoms with Gasteiger partial charge in [-0.3, -0.25) is 9.69 Å². The highest BCUT2D eigenvalue weighted by atomic mass is 16.6. The molecule has 2 saturated heterocycles. The highest BCUT2D eigenvalue weighted by Crippen LogP contribution is 2.47. The quantitative estimate of drug-likeness (QED) is 0.553. The number of carbonyl (C=O) groups excluding carboxylic acids is 2. The minimum absolute atomic E-state index is 0.0236. The molecule has 2 aliphatic carbocycles. The van der Waals surface area contributed by atoms with Crippen LogP contribution >= 0.6 is 0 Å². The molecule has 1 atom stereocenters. The average Bonchev–Trinajstić information content (AvgIpc) is 3.85. The molecule has 2 aromatic rings. The molecule has 2 amide bonds. The van der Waals surface area contributed by atoms with Crippen molar-refractivity contribution >= 4 is 23.5 Å². The Labute approximate surface area is 212 Å². The third-order valence-electron chi connectivity index (χ3n) is 7.72. The number of cyclic esters (lactones) is 1. The predicted molar refractivity (Wildman–Crippen MR) is 137 cm³/mol. The lowest BCUT2D eigenvalue weighted by atomic mass is 10.1. The van der Waals surface area contributed by atoms with Crippen molar-refractivity contribution in [1.82, 2.24) is 9.88 Å². The van der Waals surface area contributed by atoms with Crippen molar-refractivity contribution in [2.24, 2.45) is 0 Å². The predicted octanol–water partition coefficient (Wildman–Crippen LogP) is 4.16. The topological polar surface area (TPSA) is 75.2 Å². The van der Waals surface area contributed by atoms with Gasteiger partial charge in [0, 0.05) is 50.2 Å². The number of hydrogen-bond acceptors (Lipinski definition) is 6. The second-order valence-electron chi connectivity index (χ2n) is 10.3. The van der Waals surface area contributed by atoms with E-state index in [4.69, 9.17) is 14.5 Å². The number of amides is 2. The first kappa shape index (κ1) is 23.3. The van der Waals surface area contributed by atoms with Crippen molar-refractivity contribution in [3.05, 3.63) is 53.2 Å². The van der Waals surface area contributed by atoms with Gasteiger partial charge < -0.3 is 19.3 Å². The summed E-state index contributed by atoms with van der Waals surface area (Å²) in [6, 6.07) is 9.50. The zero-order chi connectivity index (χ0) is 24.6. The molecule has 4 fully saturated rings. The molecule has 0 bridgehead atoms. The van der Waals surface area contributed by atoms with Gasteiger partial charge in [-0.2, -0.15) is 0 Å². The van der Waals surface area contributed by atoms with E-state index in [1.807, 2.05) is 24.0 Å². The van der Waals surface area contributed by atoms with Crippen molar-refractivity contribution in [3.8, 4) is 0 Å². The van der Waals surface area contributed by atoms with Crippen LogP contribution in [0, 0.1) is 0 Å². The minimum Gasteiger partial charge on any atom is -0.447 e. The number of pyridine rings is 1. The summed E-state index contributed by atoms with van der Waals surface area (Å²) in [5.41, 5.74) is 4.17. The lowest BCUT2D eigenvalue weighted by Gasteiger charge is -2.36. The summed E-state index contributed by atoms with van der Waals surface area (Å²) in [6.45, 7) is 6.17. The molecule has 0 unspecified atom stereocenters. The van der Waals surface area contributed by atoms with E-state index < -0.39 is 0 Å². The molecule has 0 radical (unpaired) electrons. The Balaban J connectivity index is 1.09. The van der Waals surface area contributed by atoms with Gasteiger partial charge in [-0.25, -0.2) is 9.78 Å². The van der Waals surface area contributed by atoms with Crippen LogP contribution in [0.5, 0.6) is 0 Å². The van der Waals surface area contributed by atoms with Crippen molar-refractivity contribution in [2.45, 2.75) is 50.5 Å². The number of rotatable bonds is 8. The molecule has 0 spiro atoms. The first-order chi connectivity index (χ1) is 17.6. The summed E-state index contributed by atoms with van der Waals surface area (Å²) in [5.74, 6) is 2.52. The molecule has 0 N–H and O–H groups in total. The van der Waals surface area contributed by atoms with Crippen LogP contribution in [0.2, 0.25) is 0 Å². The van der Waals surface area contributed by atoms with Crippen LogP contribution in [0.4, 0.5) is 16.3 Å². The second-order valence-corrected chi connectivity index (χ2v) is 10.3. The Bertz CT molecular complexity index is 1120. The maximum Gasteiger partial charge on any atom is 0.414 e. The fraction of sp³-hybridized carbons (Fsp3) is 0.536. The molecular weight excluding hydrogens is 456 g/mol. The van der Waals surface area contributed by atoms with Crippen LogP contribution in [0.1, 0.15) is 65.9 Å². The van der Waals surface area contributed by atoms with Gasteiger partial charge in [0.25, 0.3) is 5.91 Å². The molecule has 6 rings (SSSR count). The fourth-order valence-electron chi connectivity index (χ4n) is 5.31. The summed E-state index contributed by atoms with van der Waals surface area (Å²) in [5, 5.41) is 0. The first-order valence-electron chi connectivity index (χ1n) is 13.3. The molecule has 2 aliphatic heterocycles. The van der Waals surface area contributed by atoms with Crippen LogP contribution < -0.4 is 9.80 Å². The Morgan fingerprint density at radius 1 is 1.06 bits per heavy atom. The molecule has 4 aliphatic rings. The zero-order valence-corrected chi connectivity index (χ0v) is 20.9. The summed E-state index contributed by atoms with van der Waals surface area (Å²) >= 11 is 0. The Kier molecular flexibility index (Phi) is 6.29. The standard InChI is InChI=1S/C28H34N4O4/c1-2-35-17-24-18-36-28(34)32(24)23-9-7-21(8-10-23)27(33)31-13-11-30(12-14-31)26-25(20-5-6-20)15-22(16-29-26)19-3-4-19/h7-10,15-16,19-20,24H,2-6,11-14,17-18H2,1H3/t24-/m1/s1. The molecule has 3 heterocycles. The van der Waals surface area contributed by atoms with Gasteiger partial charge in [0.2, 0.25) is 0 Å². The summed E-state index contributed by atoms with van der Waals surface area (Å²) < 4.78 is 10.7. The van der Waals surface area contributed by atoms with Crippen LogP contribution in [-0.4, -0.2) is 73.9 Å². The lowest BCUT2D eigenvalue weighted by molar-refractivity contribution is 0.0746. The van der Waals surface area contributed by atoms with Crippen molar-refractivity contribution in [1.29, 1.82) is 0 Å². The number of nitrogens with zero attached hydrogens (tertiary/aromatic N) is 4. The maximum absolute atomic E-state index is 13.2. The van der Waals surface area contributed by atoms with E-state index in [9.17, 15) is 9.59 Å². The van der Waals surface area contributed by atoms with Gasteiger partial charge in [-0.1, -0.05) is 6.07 Å². The number of anilines is 2. The smallest absolute Gasteiger partial charge is 0.414 e.